The van der Waals surface area contributed by atoms with Crippen molar-refractivity contribution in [2.75, 3.05) is 19.6 Å². The lowest BCUT2D eigenvalue weighted by Gasteiger charge is -2.14. The summed E-state index contributed by atoms with van der Waals surface area (Å²) >= 11 is 0. The average Bonchev–Trinajstić information content (AvgIpc) is 2.94. The van der Waals surface area contributed by atoms with Gasteiger partial charge in [0.2, 0.25) is 0 Å². The van der Waals surface area contributed by atoms with E-state index in [2.05, 4.69) is 66.1 Å². The molecule has 0 saturated carbocycles. The van der Waals surface area contributed by atoms with Crippen LogP contribution < -0.4 is 10.6 Å². The van der Waals surface area contributed by atoms with Crippen molar-refractivity contribution in [1.82, 2.24) is 10.6 Å². The number of β-amino-alcohol motifs (C(OH)–C–C–N with tert-alkyl or cyclic N) is 1. The molecule has 1 aliphatic heterocycles. The van der Waals surface area contributed by atoms with Crippen LogP contribution in [0.25, 0.3) is 11.1 Å². The maximum atomic E-state index is 9.80. The number of aliphatic hydroxyl groups is 1. The standard InChI is InChI=1S/C19H24N2O/c1-14-5-7-16(8-6-14)17-4-2-3-15(9-17)10-20-11-18-12-21-13-19(18)22/h2-9,18-22H,10-13H2,1H3. The first-order valence-corrected chi connectivity index (χ1v) is 7.98. The quantitative estimate of drug-likeness (QED) is 0.793. The summed E-state index contributed by atoms with van der Waals surface area (Å²) in [6, 6.07) is 17.3. The van der Waals surface area contributed by atoms with Gasteiger partial charge in [0.15, 0.2) is 0 Å². The zero-order valence-corrected chi connectivity index (χ0v) is 13.0. The van der Waals surface area contributed by atoms with Crippen molar-refractivity contribution < 1.29 is 5.11 Å². The highest BCUT2D eigenvalue weighted by Gasteiger charge is 2.23. The summed E-state index contributed by atoms with van der Waals surface area (Å²) in [6.45, 7) is 5.41. The van der Waals surface area contributed by atoms with Gasteiger partial charge in [-0.05, 0) is 29.7 Å². The Morgan fingerprint density at radius 3 is 2.64 bits per heavy atom. The monoisotopic (exact) mass is 296 g/mol. The van der Waals surface area contributed by atoms with Crippen LogP contribution in [-0.4, -0.2) is 30.8 Å². The predicted molar refractivity (Wildman–Crippen MR) is 90.7 cm³/mol. The van der Waals surface area contributed by atoms with Gasteiger partial charge >= 0.3 is 0 Å². The summed E-state index contributed by atoms with van der Waals surface area (Å²) in [5.41, 5.74) is 5.06. The van der Waals surface area contributed by atoms with Gasteiger partial charge in [-0.1, -0.05) is 48.0 Å². The minimum Gasteiger partial charge on any atom is -0.391 e. The minimum absolute atomic E-state index is 0.216. The first-order valence-electron chi connectivity index (χ1n) is 7.98. The van der Waals surface area contributed by atoms with Gasteiger partial charge in [0.25, 0.3) is 0 Å². The highest BCUT2D eigenvalue weighted by Crippen LogP contribution is 2.21. The van der Waals surface area contributed by atoms with Gasteiger partial charge in [0, 0.05) is 32.1 Å². The molecule has 2 unspecified atom stereocenters. The van der Waals surface area contributed by atoms with E-state index in [4.69, 9.17) is 0 Å². The maximum Gasteiger partial charge on any atom is 0.0716 e. The summed E-state index contributed by atoms with van der Waals surface area (Å²) in [4.78, 5) is 0. The fraction of sp³-hybridized carbons (Fsp3) is 0.368. The van der Waals surface area contributed by atoms with Crippen LogP contribution in [0.4, 0.5) is 0 Å². The van der Waals surface area contributed by atoms with Crippen molar-refractivity contribution in [3.05, 3.63) is 59.7 Å². The van der Waals surface area contributed by atoms with Crippen molar-refractivity contribution in [2.45, 2.75) is 19.6 Å². The van der Waals surface area contributed by atoms with E-state index in [1.807, 2.05) is 0 Å². The first-order chi connectivity index (χ1) is 10.7. The summed E-state index contributed by atoms with van der Waals surface area (Å²) in [6.07, 6.45) is -0.216. The first kappa shape index (κ1) is 15.2. The molecule has 0 bridgehead atoms. The Labute approximate surface area is 132 Å². The van der Waals surface area contributed by atoms with Crippen LogP contribution >= 0.6 is 0 Å². The Balaban J connectivity index is 1.60. The number of hydrogen-bond acceptors (Lipinski definition) is 3. The molecule has 2 aromatic carbocycles. The Bertz CT molecular complexity index is 609. The molecular weight excluding hydrogens is 272 g/mol. The zero-order chi connectivity index (χ0) is 15.4. The van der Waals surface area contributed by atoms with Gasteiger partial charge in [0.05, 0.1) is 6.10 Å². The minimum atomic E-state index is -0.216. The molecule has 3 heteroatoms. The number of nitrogens with one attached hydrogen (secondary N) is 2. The molecule has 1 heterocycles. The summed E-state index contributed by atoms with van der Waals surface area (Å²) in [5.74, 6) is 0.320. The van der Waals surface area contributed by atoms with Crippen LogP contribution in [0.1, 0.15) is 11.1 Å². The highest BCUT2D eigenvalue weighted by atomic mass is 16.3. The SMILES string of the molecule is Cc1ccc(-c2cccc(CNCC3CNCC3O)c2)cc1. The fourth-order valence-electron chi connectivity index (χ4n) is 2.94. The molecule has 3 rings (SSSR count). The smallest absolute Gasteiger partial charge is 0.0716 e. The van der Waals surface area contributed by atoms with Crippen LogP contribution in [0, 0.1) is 12.8 Å². The molecule has 0 spiro atoms. The van der Waals surface area contributed by atoms with Crippen LogP contribution in [0.2, 0.25) is 0 Å². The Kier molecular flexibility index (Phi) is 4.88. The second-order valence-electron chi connectivity index (χ2n) is 6.18. The third-order valence-corrected chi connectivity index (χ3v) is 4.35. The van der Waals surface area contributed by atoms with Gasteiger partial charge in [0.1, 0.15) is 0 Å². The van der Waals surface area contributed by atoms with Gasteiger partial charge in [-0.15, -0.1) is 0 Å². The summed E-state index contributed by atoms with van der Waals surface area (Å²) in [7, 11) is 0. The molecule has 2 aromatic rings. The normalized spacial score (nSPS) is 21.2. The number of aryl methyl sites for hydroxylation is 1. The molecule has 1 fully saturated rings. The van der Waals surface area contributed by atoms with Crippen LogP contribution in [0.5, 0.6) is 0 Å². The zero-order valence-electron chi connectivity index (χ0n) is 13.0. The number of rotatable bonds is 5. The van der Waals surface area contributed by atoms with Gasteiger partial charge in [-0.25, -0.2) is 0 Å². The molecule has 1 aliphatic rings. The number of hydrogen-bond donors (Lipinski definition) is 3. The highest BCUT2D eigenvalue weighted by molar-refractivity contribution is 5.64. The van der Waals surface area contributed by atoms with E-state index < -0.39 is 0 Å². The van der Waals surface area contributed by atoms with Gasteiger partial charge in [-0.3, -0.25) is 0 Å². The van der Waals surface area contributed by atoms with E-state index >= 15 is 0 Å². The Hall–Kier alpha value is -1.68. The van der Waals surface area contributed by atoms with Gasteiger partial charge in [-0.2, -0.15) is 0 Å². The van der Waals surface area contributed by atoms with Crippen LogP contribution in [0.15, 0.2) is 48.5 Å². The maximum absolute atomic E-state index is 9.80. The topological polar surface area (TPSA) is 44.3 Å². The van der Waals surface area contributed by atoms with Crippen molar-refractivity contribution in [3.8, 4) is 11.1 Å². The average molecular weight is 296 g/mol. The van der Waals surface area contributed by atoms with Gasteiger partial charge < -0.3 is 15.7 Å². The van der Waals surface area contributed by atoms with E-state index in [0.717, 1.165) is 26.2 Å². The van der Waals surface area contributed by atoms with E-state index in [0.29, 0.717) is 5.92 Å². The van der Waals surface area contributed by atoms with Crippen molar-refractivity contribution >= 4 is 0 Å². The van der Waals surface area contributed by atoms with E-state index in [1.165, 1.54) is 22.3 Å². The molecule has 0 radical (unpaired) electrons. The van der Waals surface area contributed by atoms with E-state index in [9.17, 15) is 5.11 Å². The van der Waals surface area contributed by atoms with E-state index in [1.54, 1.807) is 0 Å². The number of aliphatic hydroxyl groups excluding tert-OH is 1. The molecule has 116 valence electrons. The lowest BCUT2D eigenvalue weighted by Crippen LogP contribution is -2.30. The molecule has 22 heavy (non-hydrogen) atoms. The van der Waals surface area contributed by atoms with E-state index in [-0.39, 0.29) is 6.10 Å². The predicted octanol–water partition coefficient (Wildman–Crippen LogP) is 2.33. The van der Waals surface area contributed by atoms with Crippen molar-refractivity contribution in [1.29, 1.82) is 0 Å². The van der Waals surface area contributed by atoms with Crippen LogP contribution in [-0.2, 0) is 6.54 Å². The lowest BCUT2D eigenvalue weighted by molar-refractivity contribution is 0.146. The third-order valence-electron chi connectivity index (χ3n) is 4.35. The summed E-state index contributed by atoms with van der Waals surface area (Å²) in [5, 5.41) is 16.5. The fourth-order valence-corrected chi connectivity index (χ4v) is 2.94. The third kappa shape index (κ3) is 3.74. The summed E-state index contributed by atoms with van der Waals surface area (Å²) < 4.78 is 0. The molecule has 1 saturated heterocycles. The Morgan fingerprint density at radius 1 is 1.09 bits per heavy atom. The van der Waals surface area contributed by atoms with Crippen molar-refractivity contribution in [3.63, 3.8) is 0 Å². The number of benzene rings is 2. The van der Waals surface area contributed by atoms with Crippen molar-refractivity contribution in [2.24, 2.45) is 5.92 Å². The second-order valence-corrected chi connectivity index (χ2v) is 6.18. The molecule has 3 N–H and O–H groups in total. The molecule has 0 amide bonds. The van der Waals surface area contributed by atoms with Crippen LogP contribution in [0.3, 0.4) is 0 Å². The molecule has 0 aliphatic carbocycles. The molecule has 2 atom stereocenters. The molecular formula is C19H24N2O. The molecule has 3 nitrogen and oxygen atoms in total. The molecule has 0 aromatic heterocycles. The Morgan fingerprint density at radius 2 is 1.91 bits per heavy atom. The largest absolute Gasteiger partial charge is 0.391 e. The lowest BCUT2D eigenvalue weighted by atomic mass is 10.0. The second kappa shape index (κ2) is 7.05.